The van der Waals surface area contributed by atoms with Crippen LogP contribution in [-0.2, 0) is 6.54 Å². The lowest BCUT2D eigenvalue weighted by atomic mass is 9.96. The van der Waals surface area contributed by atoms with Crippen molar-refractivity contribution in [3.05, 3.63) is 53.9 Å². The van der Waals surface area contributed by atoms with E-state index in [1.165, 1.54) is 12.8 Å². The zero-order valence-electron chi connectivity index (χ0n) is 15.7. The average Bonchev–Trinajstić information content (AvgIpc) is 3.17. The van der Waals surface area contributed by atoms with Gasteiger partial charge in [-0.15, -0.1) is 0 Å². The molecule has 140 valence electrons. The smallest absolute Gasteiger partial charge is 0.156 e. The summed E-state index contributed by atoms with van der Waals surface area (Å²) in [6, 6.07) is 7.91. The van der Waals surface area contributed by atoms with Crippen LogP contribution in [0.1, 0.15) is 36.0 Å². The Morgan fingerprint density at radius 3 is 2.85 bits per heavy atom. The van der Waals surface area contributed by atoms with Crippen LogP contribution in [0.2, 0.25) is 0 Å². The number of rotatable bonds is 5. The molecule has 0 aliphatic carbocycles. The number of nitrogens with zero attached hydrogens (tertiary/aromatic N) is 5. The van der Waals surface area contributed by atoms with E-state index in [9.17, 15) is 0 Å². The number of hydrogen-bond acceptors (Lipinski definition) is 7. The monoisotopic (exact) mass is 364 g/mol. The highest BCUT2D eigenvalue weighted by Gasteiger charge is 2.19. The van der Waals surface area contributed by atoms with E-state index in [0.29, 0.717) is 12.5 Å². The Hall–Kier alpha value is -2.80. The molecule has 0 saturated carbocycles. The second-order valence-corrected chi connectivity index (χ2v) is 7.01. The van der Waals surface area contributed by atoms with Gasteiger partial charge >= 0.3 is 0 Å². The van der Waals surface area contributed by atoms with Crippen LogP contribution in [0.5, 0.6) is 0 Å². The Bertz CT molecular complexity index is 888. The molecule has 3 aromatic rings. The maximum Gasteiger partial charge on any atom is 0.156 e. The predicted molar refractivity (Wildman–Crippen MR) is 103 cm³/mol. The van der Waals surface area contributed by atoms with Gasteiger partial charge < -0.3 is 14.7 Å². The lowest BCUT2D eigenvalue weighted by Crippen LogP contribution is -2.29. The number of hydrogen-bond donors (Lipinski definition) is 1. The molecule has 1 atom stereocenters. The first kappa shape index (κ1) is 17.6. The van der Waals surface area contributed by atoms with Crippen molar-refractivity contribution < 1.29 is 4.52 Å². The van der Waals surface area contributed by atoms with Gasteiger partial charge in [0, 0.05) is 49.6 Å². The van der Waals surface area contributed by atoms with Crippen LogP contribution in [0.3, 0.4) is 0 Å². The van der Waals surface area contributed by atoms with E-state index in [1.807, 2.05) is 32.2 Å². The predicted octanol–water partition coefficient (Wildman–Crippen LogP) is 2.94. The minimum Gasteiger partial charge on any atom is -0.359 e. The van der Waals surface area contributed by atoms with Crippen LogP contribution < -0.4 is 10.2 Å². The molecule has 1 fully saturated rings. The Morgan fingerprint density at radius 2 is 2.07 bits per heavy atom. The number of nitrogens with one attached hydrogen (secondary N) is 1. The van der Waals surface area contributed by atoms with Gasteiger partial charge in [0.05, 0.1) is 12.2 Å². The quantitative estimate of drug-likeness (QED) is 0.745. The number of piperidine rings is 1. The molecule has 1 aliphatic heterocycles. The molecule has 7 nitrogen and oxygen atoms in total. The molecule has 27 heavy (non-hydrogen) atoms. The third-order valence-electron chi connectivity index (χ3n) is 4.88. The molecule has 4 rings (SSSR count). The largest absolute Gasteiger partial charge is 0.359 e. The van der Waals surface area contributed by atoms with Gasteiger partial charge in [-0.3, -0.25) is 4.98 Å². The molecule has 0 radical (unpaired) electrons. The van der Waals surface area contributed by atoms with Gasteiger partial charge in [0.2, 0.25) is 0 Å². The van der Waals surface area contributed by atoms with Crippen LogP contribution in [0.25, 0.3) is 11.3 Å². The molecular weight excluding hydrogens is 340 g/mol. The third kappa shape index (κ3) is 4.14. The summed E-state index contributed by atoms with van der Waals surface area (Å²) in [7, 11) is 2.01. The van der Waals surface area contributed by atoms with E-state index in [4.69, 9.17) is 4.52 Å². The lowest BCUT2D eigenvalue weighted by Gasteiger charge is -2.24. The molecule has 7 heteroatoms. The van der Waals surface area contributed by atoms with Crippen LogP contribution in [0, 0.1) is 6.92 Å². The highest BCUT2D eigenvalue weighted by Crippen LogP contribution is 2.25. The molecular formula is C20H24N6O. The van der Waals surface area contributed by atoms with Crippen molar-refractivity contribution in [3.8, 4) is 11.3 Å². The molecule has 0 aromatic carbocycles. The summed E-state index contributed by atoms with van der Waals surface area (Å²) in [4.78, 5) is 15.4. The van der Waals surface area contributed by atoms with Crippen LogP contribution in [-0.4, -0.2) is 40.2 Å². The number of anilines is 1. The fourth-order valence-corrected chi connectivity index (χ4v) is 3.44. The number of aromatic nitrogens is 4. The summed E-state index contributed by atoms with van der Waals surface area (Å²) in [6.07, 6.45) is 5.86. The summed E-state index contributed by atoms with van der Waals surface area (Å²) in [6.45, 7) is 4.62. The summed E-state index contributed by atoms with van der Waals surface area (Å²) in [5, 5.41) is 7.63. The summed E-state index contributed by atoms with van der Waals surface area (Å²) < 4.78 is 5.52. The standard InChI is InChI=1S/C20H24N6O/c1-14-23-18(16-4-3-7-22-12-16)11-20(24-14)26(2)13-17-10-19(25-27-17)15-5-8-21-9-6-15/h5-6,8-11,16,22H,3-4,7,12-13H2,1-2H3/t16-/m1/s1. The fourth-order valence-electron chi connectivity index (χ4n) is 3.44. The zero-order valence-corrected chi connectivity index (χ0v) is 15.7. The molecule has 0 spiro atoms. The van der Waals surface area contributed by atoms with Gasteiger partial charge in [-0.2, -0.15) is 0 Å². The highest BCUT2D eigenvalue weighted by molar-refractivity contribution is 5.57. The third-order valence-corrected chi connectivity index (χ3v) is 4.88. The summed E-state index contributed by atoms with van der Waals surface area (Å²) in [5.41, 5.74) is 2.92. The maximum absolute atomic E-state index is 5.52. The first-order valence-electron chi connectivity index (χ1n) is 9.32. The van der Waals surface area contributed by atoms with E-state index >= 15 is 0 Å². The fraction of sp³-hybridized carbons (Fsp3) is 0.400. The molecule has 1 saturated heterocycles. The van der Waals surface area contributed by atoms with E-state index in [-0.39, 0.29) is 0 Å². The Morgan fingerprint density at radius 1 is 1.22 bits per heavy atom. The molecule has 0 bridgehead atoms. The summed E-state index contributed by atoms with van der Waals surface area (Å²) >= 11 is 0. The average molecular weight is 364 g/mol. The van der Waals surface area contributed by atoms with Crippen molar-refractivity contribution in [2.75, 3.05) is 25.0 Å². The van der Waals surface area contributed by atoms with Gasteiger partial charge in [-0.25, -0.2) is 9.97 Å². The van der Waals surface area contributed by atoms with E-state index in [0.717, 1.165) is 47.4 Å². The van der Waals surface area contributed by atoms with Gasteiger partial charge in [-0.05, 0) is 38.4 Å². The molecule has 1 N–H and O–H groups in total. The topological polar surface area (TPSA) is 80.0 Å². The van der Waals surface area contributed by atoms with E-state index in [2.05, 4.69) is 36.4 Å². The van der Waals surface area contributed by atoms with Crippen molar-refractivity contribution in [2.24, 2.45) is 0 Å². The Labute approximate surface area is 158 Å². The van der Waals surface area contributed by atoms with Crippen LogP contribution in [0.15, 0.2) is 41.2 Å². The Balaban J connectivity index is 1.50. The van der Waals surface area contributed by atoms with Gasteiger partial charge in [0.25, 0.3) is 0 Å². The van der Waals surface area contributed by atoms with Gasteiger partial charge in [0.15, 0.2) is 5.76 Å². The second-order valence-electron chi connectivity index (χ2n) is 7.01. The van der Waals surface area contributed by atoms with Crippen molar-refractivity contribution in [1.82, 2.24) is 25.4 Å². The molecule has 0 amide bonds. The maximum atomic E-state index is 5.52. The minimum absolute atomic E-state index is 0.455. The SMILES string of the molecule is Cc1nc([C@@H]2CCCNC2)cc(N(C)Cc2cc(-c3ccncc3)no2)n1. The molecule has 3 aromatic heterocycles. The van der Waals surface area contributed by atoms with Crippen molar-refractivity contribution >= 4 is 5.82 Å². The van der Waals surface area contributed by atoms with Crippen molar-refractivity contribution in [3.63, 3.8) is 0 Å². The van der Waals surface area contributed by atoms with Gasteiger partial charge in [0.1, 0.15) is 17.3 Å². The first-order chi connectivity index (χ1) is 13.2. The lowest BCUT2D eigenvalue weighted by molar-refractivity contribution is 0.384. The summed E-state index contributed by atoms with van der Waals surface area (Å²) in [5.74, 6) is 2.96. The molecule has 4 heterocycles. The number of pyridine rings is 1. The molecule has 1 aliphatic rings. The van der Waals surface area contributed by atoms with Crippen LogP contribution in [0.4, 0.5) is 5.82 Å². The van der Waals surface area contributed by atoms with Crippen molar-refractivity contribution in [1.29, 1.82) is 0 Å². The normalized spacial score (nSPS) is 17.0. The second kappa shape index (κ2) is 7.84. The van der Waals surface area contributed by atoms with Crippen molar-refractivity contribution in [2.45, 2.75) is 32.2 Å². The first-order valence-corrected chi connectivity index (χ1v) is 9.32. The highest BCUT2D eigenvalue weighted by atomic mass is 16.5. The van der Waals surface area contributed by atoms with E-state index < -0.39 is 0 Å². The number of aryl methyl sites for hydroxylation is 1. The minimum atomic E-state index is 0.455. The van der Waals surface area contributed by atoms with Gasteiger partial charge in [-0.1, -0.05) is 5.16 Å². The van der Waals surface area contributed by atoms with Crippen LogP contribution >= 0.6 is 0 Å². The molecule has 0 unspecified atom stereocenters. The van der Waals surface area contributed by atoms with E-state index in [1.54, 1.807) is 12.4 Å². The Kier molecular flexibility index (Phi) is 5.11. The zero-order chi connectivity index (χ0) is 18.6.